The summed E-state index contributed by atoms with van der Waals surface area (Å²) < 4.78 is 10.6. The minimum atomic E-state index is -0.219. The van der Waals surface area contributed by atoms with Crippen LogP contribution in [0.4, 0.5) is 0 Å². The number of hydrogen-bond acceptors (Lipinski definition) is 5. The summed E-state index contributed by atoms with van der Waals surface area (Å²) in [5.41, 5.74) is 1.16. The Kier molecular flexibility index (Phi) is 8.13. The summed E-state index contributed by atoms with van der Waals surface area (Å²) in [4.78, 5) is 12.3. The quantitative estimate of drug-likeness (QED) is 0.444. The molecule has 0 aliphatic rings. The minimum absolute atomic E-state index is 0.219. The average molecular weight is 348 g/mol. The van der Waals surface area contributed by atoms with Crippen molar-refractivity contribution in [3.63, 3.8) is 0 Å². The molecule has 6 heteroatoms. The number of thioether (sulfide) groups is 1. The fourth-order valence-corrected chi connectivity index (χ4v) is 2.84. The van der Waals surface area contributed by atoms with Crippen molar-refractivity contribution < 1.29 is 14.3 Å². The largest absolute Gasteiger partial charge is 0.468 e. The lowest BCUT2D eigenvalue weighted by molar-refractivity contribution is -0.137. The van der Waals surface area contributed by atoms with Crippen molar-refractivity contribution in [3.05, 3.63) is 28.2 Å². The van der Waals surface area contributed by atoms with Crippen LogP contribution in [0.3, 0.4) is 0 Å². The van der Waals surface area contributed by atoms with Gasteiger partial charge in [-0.2, -0.15) is 0 Å². The zero-order chi connectivity index (χ0) is 14.1. The molecule has 0 aromatic heterocycles. The van der Waals surface area contributed by atoms with Crippen molar-refractivity contribution in [1.29, 1.82) is 0 Å². The molecule has 1 rings (SSSR count). The molecule has 0 spiro atoms. The van der Waals surface area contributed by atoms with E-state index in [1.54, 1.807) is 7.11 Å². The Bertz CT molecular complexity index is 415. The van der Waals surface area contributed by atoms with Crippen molar-refractivity contribution in [3.8, 4) is 0 Å². The van der Waals surface area contributed by atoms with E-state index in [0.29, 0.717) is 12.4 Å². The van der Waals surface area contributed by atoms with E-state index in [0.717, 1.165) is 28.0 Å². The van der Waals surface area contributed by atoms with Crippen molar-refractivity contribution in [2.45, 2.75) is 11.4 Å². The highest BCUT2D eigenvalue weighted by Crippen LogP contribution is 2.26. The Hall–Kier alpha value is -0.560. The molecule has 1 aromatic carbocycles. The van der Waals surface area contributed by atoms with Crippen LogP contribution in [0, 0.1) is 0 Å². The van der Waals surface area contributed by atoms with Crippen LogP contribution < -0.4 is 5.32 Å². The number of carbonyl (C=O) groups excluding carboxylic acids is 1. The molecule has 0 radical (unpaired) electrons. The van der Waals surface area contributed by atoms with Gasteiger partial charge in [0.15, 0.2) is 0 Å². The van der Waals surface area contributed by atoms with Crippen LogP contribution in [0.5, 0.6) is 0 Å². The maximum atomic E-state index is 11.2. The van der Waals surface area contributed by atoms with Gasteiger partial charge in [-0.15, -0.1) is 11.8 Å². The van der Waals surface area contributed by atoms with Crippen molar-refractivity contribution in [1.82, 2.24) is 5.32 Å². The van der Waals surface area contributed by atoms with Crippen LogP contribution >= 0.6 is 27.7 Å². The molecule has 0 aliphatic carbocycles. The Labute approximate surface area is 126 Å². The molecule has 0 heterocycles. The van der Waals surface area contributed by atoms with Crippen molar-refractivity contribution >= 4 is 33.7 Å². The molecule has 106 valence electrons. The molecule has 4 nitrogen and oxygen atoms in total. The number of halogens is 1. The fraction of sp³-hybridized carbons (Fsp3) is 0.462. The number of carbonyl (C=O) groups is 1. The molecule has 19 heavy (non-hydrogen) atoms. The van der Waals surface area contributed by atoms with Gasteiger partial charge in [0.25, 0.3) is 0 Å². The van der Waals surface area contributed by atoms with Gasteiger partial charge in [0.2, 0.25) is 0 Å². The van der Waals surface area contributed by atoms with E-state index in [1.165, 1.54) is 18.9 Å². The van der Waals surface area contributed by atoms with Gasteiger partial charge < -0.3 is 14.8 Å². The van der Waals surface area contributed by atoms with Crippen molar-refractivity contribution in [2.75, 3.05) is 33.1 Å². The lowest BCUT2D eigenvalue weighted by atomic mass is 10.2. The van der Waals surface area contributed by atoms with E-state index >= 15 is 0 Å². The number of hydrogen-bond donors (Lipinski definition) is 1. The molecule has 0 saturated carbocycles. The number of ether oxygens (including phenoxy) is 2. The highest BCUT2D eigenvalue weighted by Gasteiger charge is 2.07. The summed E-state index contributed by atoms with van der Waals surface area (Å²) in [6.07, 6.45) is 0. The second-order valence-corrected chi connectivity index (χ2v) is 5.72. The fourth-order valence-electron chi connectivity index (χ4n) is 1.40. The predicted molar refractivity (Wildman–Crippen MR) is 80.5 cm³/mol. The lowest BCUT2D eigenvalue weighted by Gasteiger charge is -2.10. The monoisotopic (exact) mass is 347 g/mol. The molecule has 1 N–H and O–H groups in total. The Morgan fingerprint density at radius 3 is 2.89 bits per heavy atom. The van der Waals surface area contributed by atoms with Crippen LogP contribution in [0.2, 0.25) is 0 Å². The average Bonchev–Trinajstić information content (AvgIpc) is 2.42. The molecule has 0 saturated heterocycles. The maximum Gasteiger partial charge on any atom is 0.315 e. The van der Waals surface area contributed by atoms with Gasteiger partial charge in [0, 0.05) is 29.6 Å². The van der Waals surface area contributed by atoms with Crippen molar-refractivity contribution in [2.24, 2.45) is 0 Å². The van der Waals surface area contributed by atoms with Gasteiger partial charge in [0.05, 0.1) is 19.5 Å². The topological polar surface area (TPSA) is 47.6 Å². The highest BCUT2D eigenvalue weighted by atomic mass is 79.9. The first-order valence-corrected chi connectivity index (χ1v) is 7.63. The summed E-state index contributed by atoms with van der Waals surface area (Å²) in [7, 11) is 3.08. The number of rotatable bonds is 8. The van der Waals surface area contributed by atoms with Crippen LogP contribution in [0.1, 0.15) is 5.56 Å². The summed E-state index contributed by atoms with van der Waals surface area (Å²) >= 11 is 4.93. The predicted octanol–water partition coefficient (Wildman–Crippen LogP) is 2.45. The first kappa shape index (κ1) is 16.5. The number of benzene rings is 1. The van der Waals surface area contributed by atoms with Crippen LogP contribution in [0.25, 0.3) is 0 Å². The van der Waals surface area contributed by atoms with Crippen LogP contribution in [-0.4, -0.2) is 39.1 Å². The lowest BCUT2D eigenvalue weighted by Crippen LogP contribution is -2.19. The molecule has 0 atom stereocenters. The third-order valence-corrected chi connectivity index (χ3v) is 3.97. The first-order chi connectivity index (χ1) is 9.17. The van der Waals surface area contributed by atoms with Gasteiger partial charge in [-0.25, -0.2) is 0 Å². The standard InChI is InChI=1S/C13H18BrNO3S/c1-17-6-5-15-8-10-3-4-11(14)7-12(10)19-9-13(16)18-2/h3-4,7,15H,5-6,8-9H2,1-2H3. The highest BCUT2D eigenvalue weighted by molar-refractivity contribution is 9.10. The molecule has 0 aliphatic heterocycles. The zero-order valence-electron chi connectivity index (χ0n) is 11.1. The van der Waals surface area contributed by atoms with E-state index in [-0.39, 0.29) is 5.97 Å². The summed E-state index contributed by atoms with van der Waals surface area (Å²) in [6.45, 7) is 2.23. The molecule has 0 fully saturated rings. The maximum absolute atomic E-state index is 11.2. The summed E-state index contributed by atoms with van der Waals surface area (Å²) in [5, 5.41) is 3.29. The van der Waals surface area contributed by atoms with Gasteiger partial charge in [-0.1, -0.05) is 22.0 Å². The smallest absolute Gasteiger partial charge is 0.315 e. The Balaban J connectivity index is 2.60. The van der Waals surface area contributed by atoms with Gasteiger partial charge in [-0.05, 0) is 17.7 Å². The molecule has 1 aromatic rings. The molecular weight excluding hydrogens is 330 g/mol. The number of nitrogens with one attached hydrogen (secondary N) is 1. The molecule has 0 bridgehead atoms. The minimum Gasteiger partial charge on any atom is -0.468 e. The second-order valence-electron chi connectivity index (χ2n) is 3.79. The Morgan fingerprint density at radius 1 is 1.42 bits per heavy atom. The van der Waals surface area contributed by atoms with Gasteiger partial charge in [0.1, 0.15) is 0 Å². The zero-order valence-corrected chi connectivity index (χ0v) is 13.5. The molecule has 0 unspecified atom stereocenters. The normalized spacial score (nSPS) is 10.5. The van der Waals surface area contributed by atoms with E-state index < -0.39 is 0 Å². The van der Waals surface area contributed by atoms with Crippen LogP contribution in [0.15, 0.2) is 27.6 Å². The third kappa shape index (κ3) is 6.42. The van der Waals surface area contributed by atoms with Crippen LogP contribution in [-0.2, 0) is 20.8 Å². The molecule has 0 amide bonds. The van der Waals surface area contributed by atoms with E-state index in [4.69, 9.17) is 4.74 Å². The van der Waals surface area contributed by atoms with Gasteiger partial charge >= 0.3 is 5.97 Å². The molecular formula is C13H18BrNO3S. The first-order valence-electron chi connectivity index (χ1n) is 5.85. The van der Waals surface area contributed by atoms with Gasteiger partial charge in [-0.3, -0.25) is 4.79 Å². The summed E-state index contributed by atoms with van der Waals surface area (Å²) in [5.74, 6) is 0.0983. The summed E-state index contributed by atoms with van der Waals surface area (Å²) in [6, 6.07) is 6.06. The Morgan fingerprint density at radius 2 is 2.21 bits per heavy atom. The second kappa shape index (κ2) is 9.36. The third-order valence-electron chi connectivity index (χ3n) is 2.40. The van der Waals surface area contributed by atoms with E-state index in [9.17, 15) is 4.79 Å². The van der Waals surface area contributed by atoms with E-state index in [2.05, 4.69) is 26.0 Å². The SMILES string of the molecule is COCCNCc1ccc(Br)cc1SCC(=O)OC. The van der Waals surface area contributed by atoms with E-state index in [1.807, 2.05) is 18.2 Å². The number of methoxy groups -OCH3 is 2. The number of esters is 1.